The van der Waals surface area contributed by atoms with Crippen LogP contribution in [0.2, 0.25) is 0 Å². The molecule has 0 saturated heterocycles. The lowest BCUT2D eigenvalue weighted by molar-refractivity contribution is -0.00937. The number of rotatable bonds is 5. The summed E-state index contributed by atoms with van der Waals surface area (Å²) in [5.41, 5.74) is 1.08. The largest absolute Gasteiger partial charge is 0.379 e. The molecule has 0 bridgehead atoms. The van der Waals surface area contributed by atoms with Crippen molar-refractivity contribution in [3.8, 4) is 0 Å². The summed E-state index contributed by atoms with van der Waals surface area (Å²) < 4.78 is 14.0. The maximum absolute atomic E-state index is 12.5. The summed E-state index contributed by atoms with van der Waals surface area (Å²) in [6.07, 6.45) is 10.4. The normalized spacial score (nSPS) is 25.9. The summed E-state index contributed by atoms with van der Waals surface area (Å²) in [5, 5.41) is 0. The molecule has 0 spiro atoms. The van der Waals surface area contributed by atoms with E-state index in [0.29, 0.717) is 17.2 Å². The standard InChI is InChI=1S/C17H24BrNO3/c1-21-16-8-3-2-7-15(16)19-10-12(9-14(18)17(19)20)11-22-13-5-4-6-13/h9-10,13,15-16H,2-8,11H2,1H3. The zero-order valence-electron chi connectivity index (χ0n) is 13.1. The number of hydrogen-bond donors (Lipinski definition) is 0. The van der Waals surface area contributed by atoms with E-state index in [1.807, 2.05) is 16.8 Å². The highest BCUT2D eigenvalue weighted by Crippen LogP contribution is 2.30. The SMILES string of the molecule is COC1CCCCC1n1cc(COC2CCC2)cc(Br)c1=O. The molecule has 4 nitrogen and oxygen atoms in total. The lowest BCUT2D eigenvalue weighted by Gasteiger charge is -2.32. The molecule has 0 aliphatic heterocycles. The van der Waals surface area contributed by atoms with E-state index in [4.69, 9.17) is 9.47 Å². The van der Waals surface area contributed by atoms with Crippen LogP contribution in [0.5, 0.6) is 0 Å². The lowest BCUT2D eigenvalue weighted by atomic mass is 9.92. The van der Waals surface area contributed by atoms with E-state index >= 15 is 0 Å². The second-order valence-corrected chi connectivity index (χ2v) is 7.25. The Hall–Kier alpha value is -0.650. The maximum atomic E-state index is 12.5. The summed E-state index contributed by atoms with van der Waals surface area (Å²) in [7, 11) is 1.74. The number of aromatic nitrogens is 1. The third kappa shape index (κ3) is 3.47. The first-order valence-electron chi connectivity index (χ1n) is 8.24. The zero-order valence-corrected chi connectivity index (χ0v) is 14.7. The van der Waals surface area contributed by atoms with Crippen LogP contribution in [0.15, 0.2) is 21.5 Å². The van der Waals surface area contributed by atoms with Crippen molar-refractivity contribution in [1.29, 1.82) is 0 Å². The Balaban J connectivity index is 1.81. The van der Waals surface area contributed by atoms with Gasteiger partial charge in [-0.05, 0) is 59.7 Å². The van der Waals surface area contributed by atoms with Gasteiger partial charge in [-0.25, -0.2) is 0 Å². The third-order valence-corrected chi connectivity index (χ3v) is 5.49. The molecule has 0 N–H and O–H groups in total. The Kier molecular flexibility index (Phi) is 5.37. The molecule has 2 aliphatic rings. The van der Waals surface area contributed by atoms with Crippen LogP contribution >= 0.6 is 15.9 Å². The molecule has 0 radical (unpaired) electrons. The molecule has 1 aromatic heterocycles. The Morgan fingerprint density at radius 2 is 2.00 bits per heavy atom. The maximum Gasteiger partial charge on any atom is 0.265 e. The Morgan fingerprint density at radius 3 is 2.68 bits per heavy atom. The highest BCUT2D eigenvalue weighted by molar-refractivity contribution is 9.10. The van der Waals surface area contributed by atoms with Gasteiger partial charge in [-0.1, -0.05) is 12.8 Å². The van der Waals surface area contributed by atoms with Gasteiger partial charge in [0.25, 0.3) is 5.56 Å². The minimum absolute atomic E-state index is 0.0290. The Labute approximate surface area is 139 Å². The molecule has 2 saturated carbocycles. The van der Waals surface area contributed by atoms with Gasteiger partial charge in [0.2, 0.25) is 0 Å². The number of nitrogens with zero attached hydrogens (tertiary/aromatic N) is 1. The summed E-state index contributed by atoms with van der Waals surface area (Å²) in [5.74, 6) is 0. The van der Waals surface area contributed by atoms with Crippen molar-refractivity contribution in [2.24, 2.45) is 0 Å². The molecule has 1 aromatic rings. The van der Waals surface area contributed by atoms with Crippen molar-refractivity contribution in [1.82, 2.24) is 4.57 Å². The van der Waals surface area contributed by atoms with Crippen LogP contribution in [0.3, 0.4) is 0 Å². The van der Waals surface area contributed by atoms with Gasteiger partial charge >= 0.3 is 0 Å². The van der Waals surface area contributed by atoms with Crippen LogP contribution in [0.1, 0.15) is 56.6 Å². The quantitative estimate of drug-likeness (QED) is 0.792. The molecule has 5 heteroatoms. The molecule has 2 fully saturated rings. The molecule has 122 valence electrons. The van der Waals surface area contributed by atoms with Crippen molar-refractivity contribution in [2.75, 3.05) is 7.11 Å². The molecule has 2 unspecified atom stereocenters. The van der Waals surface area contributed by atoms with Crippen molar-refractivity contribution in [3.63, 3.8) is 0 Å². The van der Waals surface area contributed by atoms with E-state index in [1.54, 1.807) is 7.11 Å². The number of halogens is 1. The molecule has 22 heavy (non-hydrogen) atoms. The smallest absolute Gasteiger partial charge is 0.265 e. The van der Waals surface area contributed by atoms with Gasteiger partial charge < -0.3 is 14.0 Å². The number of ether oxygens (including phenoxy) is 2. The van der Waals surface area contributed by atoms with Crippen molar-refractivity contribution in [3.05, 3.63) is 32.7 Å². The average Bonchev–Trinajstić information content (AvgIpc) is 2.49. The Morgan fingerprint density at radius 1 is 1.23 bits per heavy atom. The van der Waals surface area contributed by atoms with Gasteiger partial charge in [0.05, 0.1) is 29.3 Å². The first-order valence-corrected chi connectivity index (χ1v) is 9.03. The molecule has 2 aliphatic carbocycles. The molecule has 0 aromatic carbocycles. The van der Waals surface area contributed by atoms with E-state index in [2.05, 4.69) is 15.9 Å². The van der Waals surface area contributed by atoms with Gasteiger partial charge in [-0.3, -0.25) is 4.79 Å². The second kappa shape index (κ2) is 7.28. The minimum atomic E-state index is 0.0290. The average molecular weight is 370 g/mol. The lowest BCUT2D eigenvalue weighted by Crippen LogP contribution is -2.36. The van der Waals surface area contributed by atoms with Crippen LogP contribution in [-0.2, 0) is 16.1 Å². The van der Waals surface area contributed by atoms with Gasteiger partial charge in [0.1, 0.15) is 0 Å². The van der Waals surface area contributed by atoms with E-state index in [-0.39, 0.29) is 17.7 Å². The molecular weight excluding hydrogens is 346 g/mol. The highest BCUT2D eigenvalue weighted by Gasteiger charge is 2.28. The number of pyridine rings is 1. The van der Waals surface area contributed by atoms with Crippen LogP contribution in [0, 0.1) is 0 Å². The van der Waals surface area contributed by atoms with Crippen molar-refractivity contribution < 1.29 is 9.47 Å². The van der Waals surface area contributed by atoms with E-state index in [9.17, 15) is 4.79 Å². The minimum Gasteiger partial charge on any atom is -0.379 e. The van der Waals surface area contributed by atoms with E-state index in [1.165, 1.54) is 12.8 Å². The summed E-state index contributed by atoms with van der Waals surface area (Å²) >= 11 is 3.41. The third-order valence-electron chi connectivity index (χ3n) is 4.92. The second-order valence-electron chi connectivity index (χ2n) is 6.40. The molecule has 0 amide bonds. The fraction of sp³-hybridized carbons (Fsp3) is 0.706. The first kappa shape index (κ1) is 16.2. The summed E-state index contributed by atoms with van der Waals surface area (Å²) in [6, 6.07) is 2.02. The molecule has 3 rings (SSSR count). The summed E-state index contributed by atoms with van der Waals surface area (Å²) in [4.78, 5) is 12.5. The van der Waals surface area contributed by atoms with Crippen LogP contribution in [-0.4, -0.2) is 23.9 Å². The molecular formula is C17H24BrNO3. The first-order chi connectivity index (χ1) is 10.7. The highest BCUT2D eigenvalue weighted by atomic mass is 79.9. The molecule has 2 atom stereocenters. The van der Waals surface area contributed by atoms with Crippen LogP contribution in [0.4, 0.5) is 0 Å². The van der Waals surface area contributed by atoms with Gasteiger partial charge in [-0.2, -0.15) is 0 Å². The van der Waals surface area contributed by atoms with Crippen LogP contribution in [0.25, 0.3) is 0 Å². The molecule has 1 heterocycles. The van der Waals surface area contributed by atoms with E-state index < -0.39 is 0 Å². The fourth-order valence-corrected chi connectivity index (χ4v) is 3.87. The van der Waals surface area contributed by atoms with Gasteiger partial charge in [-0.15, -0.1) is 0 Å². The van der Waals surface area contributed by atoms with Gasteiger partial charge in [0.15, 0.2) is 0 Å². The monoisotopic (exact) mass is 369 g/mol. The zero-order chi connectivity index (χ0) is 15.5. The summed E-state index contributed by atoms with van der Waals surface area (Å²) in [6.45, 7) is 0.577. The van der Waals surface area contributed by atoms with Crippen molar-refractivity contribution in [2.45, 2.75) is 69.8 Å². The predicted octanol–water partition coefficient (Wildman–Crippen LogP) is 3.81. The Bertz CT molecular complexity index is 568. The van der Waals surface area contributed by atoms with Crippen molar-refractivity contribution >= 4 is 15.9 Å². The fourth-order valence-electron chi connectivity index (χ4n) is 3.37. The predicted molar refractivity (Wildman–Crippen MR) is 89.1 cm³/mol. The van der Waals surface area contributed by atoms with Crippen LogP contribution < -0.4 is 5.56 Å². The number of hydrogen-bond acceptors (Lipinski definition) is 3. The van der Waals surface area contributed by atoms with E-state index in [0.717, 1.165) is 37.7 Å². The topological polar surface area (TPSA) is 40.5 Å². The number of methoxy groups -OCH3 is 1. The van der Waals surface area contributed by atoms with Gasteiger partial charge in [0, 0.05) is 13.3 Å².